The van der Waals surface area contributed by atoms with Gasteiger partial charge in [-0.3, -0.25) is 10.1 Å². The van der Waals surface area contributed by atoms with Gasteiger partial charge in [0.05, 0.1) is 27.1 Å². The van der Waals surface area contributed by atoms with Gasteiger partial charge in [0, 0.05) is 38.3 Å². The highest BCUT2D eigenvalue weighted by Crippen LogP contribution is 2.25. The van der Waals surface area contributed by atoms with Crippen LogP contribution in [0.1, 0.15) is 5.56 Å². The largest absolute Gasteiger partial charge is 0.367 e. The summed E-state index contributed by atoms with van der Waals surface area (Å²) in [4.78, 5) is 11.8. The van der Waals surface area contributed by atoms with Gasteiger partial charge in [-0.25, -0.2) is 12.8 Å². The Morgan fingerprint density at radius 2 is 1.81 bits per heavy atom. The van der Waals surface area contributed by atoms with Crippen LogP contribution >= 0.6 is 0 Å². The Balaban J connectivity index is 1.76. The number of non-ortho nitro benzene ring substituents is 1. The van der Waals surface area contributed by atoms with Gasteiger partial charge in [-0.05, 0) is 24.3 Å². The highest BCUT2D eigenvalue weighted by atomic mass is 32.2. The molecule has 8 nitrogen and oxygen atoms in total. The fourth-order valence-electron chi connectivity index (χ4n) is 2.91. The van der Waals surface area contributed by atoms with Gasteiger partial charge in [-0.2, -0.15) is 9.57 Å². The molecule has 0 aromatic heterocycles. The van der Waals surface area contributed by atoms with Crippen LogP contribution in [0.25, 0.3) is 0 Å². The molecule has 0 amide bonds. The van der Waals surface area contributed by atoms with Gasteiger partial charge < -0.3 is 4.90 Å². The topological polar surface area (TPSA) is 108 Å². The maximum Gasteiger partial charge on any atom is 0.270 e. The van der Waals surface area contributed by atoms with Crippen molar-refractivity contribution in [3.05, 3.63) is 64.0 Å². The minimum absolute atomic E-state index is 0.116. The molecule has 0 radical (unpaired) electrons. The predicted molar refractivity (Wildman–Crippen MR) is 95.2 cm³/mol. The van der Waals surface area contributed by atoms with Crippen LogP contribution in [-0.4, -0.2) is 43.8 Å². The van der Waals surface area contributed by atoms with Crippen molar-refractivity contribution in [1.82, 2.24) is 4.31 Å². The highest BCUT2D eigenvalue weighted by molar-refractivity contribution is 7.89. The molecular weight excluding hydrogens is 375 g/mol. The molecule has 10 heteroatoms. The SMILES string of the molecule is N#Cc1ccc(N2CCN(S(=O)(=O)c3cccc([N+](=O)[O-])c3)CC2)c(F)c1. The van der Waals surface area contributed by atoms with E-state index in [0.29, 0.717) is 5.69 Å². The maximum atomic E-state index is 14.1. The Morgan fingerprint density at radius 1 is 1.11 bits per heavy atom. The second-order valence-electron chi connectivity index (χ2n) is 5.92. The molecule has 1 fully saturated rings. The number of nitrogens with zero attached hydrogens (tertiary/aromatic N) is 4. The molecule has 0 atom stereocenters. The van der Waals surface area contributed by atoms with Gasteiger partial charge in [0.2, 0.25) is 10.0 Å². The summed E-state index contributed by atoms with van der Waals surface area (Å²) < 4.78 is 40.8. The Kier molecular flexibility index (Phi) is 5.07. The zero-order valence-electron chi connectivity index (χ0n) is 14.1. The molecule has 140 valence electrons. The van der Waals surface area contributed by atoms with Crippen molar-refractivity contribution in [2.24, 2.45) is 0 Å². The second-order valence-corrected chi connectivity index (χ2v) is 7.86. The molecule has 1 saturated heterocycles. The van der Waals surface area contributed by atoms with Crippen molar-refractivity contribution in [3.8, 4) is 6.07 Å². The van der Waals surface area contributed by atoms with Crippen molar-refractivity contribution in [1.29, 1.82) is 5.26 Å². The molecule has 0 spiro atoms. The summed E-state index contributed by atoms with van der Waals surface area (Å²) in [6.07, 6.45) is 0. The van der Waals surface area contributed by atoms with E-state index in [9.17, 15) is 22.9 Å². The first-order chi connectivity index (χ1) is 12.8. The lowest BCUT2D eigenvalue weighted by molar-refractivity contribution is -0.385. The van der Waals surface area contributed by atoms with Crippen LogP contribution in [-0.2, 0) is 10.0 Å². The summed E-state index contributed by atoms with van der Waals surface area (Å²) in [5.74, 6) is -0.538. The third kappa shape index (κ3) is 3.74. The second kappa shape index (κ2) is 7.30. The van der Waals surface area contributed by atoms with Gasteiger partial charge in [0.25, 0.3) is 5.69 Å². The third-order valence-electron chi connectivity index (χ3n) is 4.32. The number of nitro groups is 1. The van der Waals surface area contributed by atoms with Gasteiger partial charge >= 0.3 is 0 Å². The summed E-state index contributed by atoms with van der Waals surface area (Å²) in [6, 6.07) is 10.9. The number of halogens is 1. The molecule has 27 heavy (non-hydrogen) atoms. The molecule has 2 aromatic carbocycles. The first-order valence-corrected chi connectivity index (χ1v) is 9.46. The average molecular weight is 390 g/mol. The van der Waals surface area contributed by atoms with Crippen LogP contribution in [0.4, 0.5) is 15.8 Å². The fraction of sp³-hybridized carbons (Fsp3) is 0.235. The number of benzene rings is 2. The highest BCUT2D eigenvalue weighted by Gasteiger charge is 2.30. The average Bonchev–Trinajstić information content (AvgIpc) is 2.68. The van der Waals surface area contributed by atoms with E-state index in [-0.39, 0.29) is 42.3 Å². The van der Waals surface area contributed by atoms with E-state index in [0.717, 1.165) is 12.1 Å². The van der Waals surface area contributed by atoms with E-state index >= 15 is 0 Å². The Bertz CT molecular complexity index is 1030. The summed E-state index contributed by atoms with van der Waals surface area (Å²) in [5, 5.41) is 19.7. The first-order valence-electron chi connectivity index (χ1n) is 8.02. The quantitative estimate of drug-likeness (QED) is 0.584. The number of nitriles is 1. The summed E-state index contributed by atoms with van der Waals surface area (Å²) in [6.45, 7) is 0.753. The minimum Gasteiger partial charge on any atom is -0.367 e. The zero-order chi connectivity index (χ0) is 19.6. The number of hydrogen-bond donors (Lipinski definition) is 0. The van der Waals surface area contributed by atoms with Crippen LogP contribution in [0.2, 0.25) is 0 Å². The molecule has 0 saturated carbocycles. The lowest BCUT2D eigenvalue weighted by atomic mass is 10.2. The standard InChI is InChI=1S/C17H15FN4O4S/c18-16-10-13(12-19)4-5-17(16)20-6-8-21(9-7-20)27(25,26)15-3-1-2-14(11-15)22(23)24/h1-5,10-11H,6-9H2. The van der Waals surface area contributed by atoms with Crippen molar-refractivity contribution < 1.29 is 17.7 Å². The maximum absolute atomic E-state index is 14.1. The molecule has 1 aliphatic rings. The lowest BCUT2D eigenvalue weighted by Gasteiger charge is -2.35. The zero-order valence-corrected chi connectivity index (χ0v) is 14.9. The smallest absolute Gasteiger partial charge is 0.270 e. The first kappa shape index (κ1) is 18.8. The van der Waals surface area contributed by atoms with E-state index in [1.54, 1.807) is 4.90 Å². The van der Waals surface area contributed by atoms with Gasteiger partial charge in [-0.15, -0.1) is 0 Å². The molecule has 0 bridgehead atoms. The Labute approximate surface area is 155 Å². The van der Waals surface area contributed by atoms with Gasteiger partial charge in [0.15, 0.2) is 0 Å². The Morgan fingerprint density at radius 3 is 2.41 bits per heavy atom. The van der Waals surface area contributed by atoms with E-state index in [2.05, 4.69) is 0 Å². The Hall–Kier alpha value is -3.03. The number of rotatable bonds is 4. The van der Waals surface area contributed by atoms with Crippen LogP contribution in [0.3, 0.4) is 0 Å². The number of nitro benzene ring substituents is 1. The summed E-state index contributed by atoms with van der Waals surface area (Å²) in [7, 11) is -3.88. The molecular formula is C17H15FN4O4S. The van der Waals surface area contributed by atoms with E-state index in [1.165, 1.54) is 34.6 Å². The number of piperazine rings is 1. The van der Waals surface area contributed by atoms with Crippen LogP contribution in [0.15, 0.2) is 47.4 Å². The monoisotopic (exact) mass is 390 g/mol. The van der Waals surface area contributed by atoms with Gasteiger partial charge in [-0.1, -0.05) is 6.07 Å². The lowest BCUT2D eigenvalue weighted by Crippen LogP contribution is -2.48. The van der Waals surface area contributed by atoms with Crippen LogP contribution < -0.4 is 4.90 Å². The van der Waals surface area contributed by atoms with E-state index in [1.807, 2.05) is 6.07 Å². The van der Waals surface area contributed by atoms with Crippen molar-refractivity contribution in [3.63, 3.8) is 0 Å². The number of sulfonamides is 1. The molecule has 1 aliphatic heterocycles. The number of hydrogen-bond acceptors (Lipinski definition) is 6. The van der Waals surface area contributed by atoms with Crippen LogP contribution in [0.5, 0.6) is 0 Å². The van der Waals surface area contributed by atoms with Crippen molar-refractivity contribution >= 4 is 21.4 Å². The van der Waals surface area contributed by atoms with E-state index < -0.39 is 20.8 Å². The van der Waals surface area contributed by atoms with E-state index in [4.69, 9.17) is 5.26 Å². The van der Waals surface area contributed by atoms with Crippen molar-refractivity contribution in [2.45, 2.75) is 4.90 Å². The number of anilines is 1. The normalized spacial score (nSPS) is 15.3. The molecule has 0 aliphatic carbocycles. The summed E-state index contributed by atoms with van der Waals surface area (Å²) >= 11 is 0. The minimum atomic E-state index is -3.88. The molecule has 1 heterocycles. The molecule has 2 aromatic rings. The van der Waals surface area contributed by atoms with Gasteiger partial charge in [0.1, 0.15) is 5.82 Å². The molecule has 3 rings (SSSR count). The predicted octanol–water partition coefficient (Wildman–Crippen LogP) is 2.12. The van der Waals surface area contributed by atoms with Crippen LogP contribution in [0, 0.1) is 27.3 Å². The fourth-order valence-corrected chi connectivity index (χ4v) is 4.37. The summed E-state index contributed by atoms with van der Waals surface area (Å²) in [5.41, 5.74) is 0.221. The van der Waals surface area contributed by atoms with Crippen molar-refractivity contribution in [2.75, 3.05) is 31.1 Å². The molecule has 0 unspecified atom stereocenters. The molecule has 0 N–H and O–H groups in total. The third-order valence-corrected chi connectivity index (χ3v) is 6.22.